The Balaban J connectivity index is 1.78. The van der Waals surface area contributed by atoms with Crippen molar-refractivity contribution >= 4 is 29.0 Å². The Bertz CT molecular complexity index is 1250. The average Bonchev–Trinajstić information content (AvgIpc) is 3.35. The summed E-state index contributed by atoms with van der Waals surface area (Å²) in [4.78, 5) is 21.0. The van der Waals surface area contributed by atoms with Gasteiger partial charge >= 0.3 is 6.18 Å². The normalized spacial score (nSPS) is 19.2. The summed E-state index contributed by atoms with van der Waals surface area (Å²) < 4.78 is 60.1. The lowest BCUT2D eigenvalue weighted by Crippen LogP contribution is -2.33. The number of Topliss-reactive ketones (excluding diaryl/α,β-unsaturated/α-hetero) is 1. The summed E-state index contributed by atoms with van der Waals surface area (Å²) in [5.41, 5.74) is 0.283. The number of halogens is 4. The van der Waals surface area contributed by atoms with Gasteiger partial charge in [0, 0.05) is 36.7 Å². The minimum Gasteiger partial charge on any atom is -0.393 e. The molecule has 0 spiro atoms. The number of pyridine rings is 1. The zero-order chi connectivity index (χ0) is 24.5. The van der Waals surface area contributed by atoms with Crippen molar-refractivity contribution in [1.82, 2.24) is 24.3 Å². The molecule has 0 radical (unpaired) electrons. The van der Waals surface area contributed by atoms with Crippen molar-refractivity contribution in [3.8, 4) is 11.4 Å². The zero-order valence-corrected chi connectivity index (χ0v) is 17.9. The molecule has 34 heavy (non-hydrogen) atoms. The Kier molecular flexibility index (Phi) is 6.62. The number of ether oxygens (including phenoxy) is 1. The third-order valence-corrected chi connectivity index (χ3v) is 5.59. The van der Waals surface area contributed by atoms with E-state index in [9.17, 15) is 27.5 Å². The first-order valence-corrected chi connectivity index (χ1v) is 10.4. The van der Waals surface area contributed by atoms with Gasteiger partial charge < -0.3 is 9.84 Å². The topological polar surface area (TPSA) is 95.1 Å². The molecule has 2 atom stereocenters. The number of aliphatic hydroxyl groups excluding tert-OH is 1. The van der Waals surface area contributed by atoms with Crippen molar-refractivity contribution in [2.45, 2.75) is 31.7 Å². The Morgan fingerprint density at radius 1 is 1.32 bits per heavy atom. The summed E-state index contributed by atoms with van der Waals surface area (Å²) in [6, 6.07) is 1.25. The molecule has 0 saturated carbocycles. The van der Waals surface area contributed by atoms with E-state index in [1.54, 1.807) is 0 Å². The largest absolute Gasteiger partial charge is 0.408 e. The highest BCUT2D eigenvalue weighted by atomic mass is 19.4. The predicted octanol–water partition coefficient (Wildman–Crippen LogP) is 3.87. The number of hydrogen-bond donors (Lipinski definition) is 1. The molecule has 1 N–H and O–H groups in total. The van der Waals surface area contributed by atoms with E-state index in [0.717, 1.165) is 10.9 Å². The van der Waals surface area contributed by atoms with Gasteiger partial charge in [0.1, 0.15) is 30.1 Å². The fourth-order valence-corrected chi connectivity index (χ4v) is 3.94. The van der Waals surface area contributed by atoms with E-state index in [2.05, 4.69) is 21.6 Å². The molecule has 1 aliphatic rings. The van der Waals surface area contributed by atoms with Gasteiger partial charge in [-0.25, -0.2) is 9.37 Å². The summed E-state index contributed by atoms with van der Waals surface area (Å²) in [6.07, 6.45) is 0.302. The van der Waals surface area contributed by atoms with E-state index in [1.165, 1.54) is 29.1 Å². The maximum absolute atomic E-state index is 13.3. The highest BCUT2D eigenvalue weighted by Gasteiger charge is 2.31. The lowest BCUT2D eigenvalue weighted by atomic mass is 9.92. The number of hydrogen-bond acceptors (Lipinski definition) is 6. The van der Waals surface area contributed by atoms with Crippen LogP contribution in [0.2, 0.25) is 0 Å². The molecular weight excluding hydrogens is 458 g/mol. The molecule has 1 aliphatic heterocycles. The molecule has 180 valence electrons. The summed E-state index contributed by atoms with van der Waals surface area (Å²) >= 11 is 0. The van der Waals surface area contributed by atoms with E-state index in [4.69, 9.17) is 4.74 Å². The van der Waals surface area contributed by atoms with Crippen molar-refractivity contribution in [3.63, 3.8) is 0 Å². The maximum atomic E-state index is 13.3. The summed E-state index contributed by atoms with van der Waals surface area (Å²) in [7, 11) is 0. The molecule has 4 heterocycles. The molecule has 1 saturated heterocycles. The van der Waals surface area contributed by atoms with Gasteiger partial charge in [0.2, 0.25) is 0 Å². The number of carbonyl (C=O) groups excluding carboxylic acids is 1. The number of aliphatic hydroxyl groups is 1. The van der Waals surface area contributed by atoms with E-state index in [1.807, 2.05) is 0 Å². The molecule has 1 fully saturated rings. The van der Waals surface area contributed by atoms with Crippen LogP contribution in [-0.2, 0) is 11.3 Å². The van der Waals surface area contributed by atoms with Crippen LogP contribution in [-0.4, -0.2) is 60.7 Å². The van der Waals surface area contributed by atoms with Gasteiger partial charge in [0.25, 0.3) is 0 Å². The molecule has 12 heteroatoms. The van der Waals surface area contributed by atoms with E-state index >= 15 is 0 Å². The van der Waals surface area contributed by atoms with Gasteiger partial charge in [-0.1, -0.05) is 6.58 Å². The number of carbonyl (C=O) groups is 1. The quantitative estimate of drug-likeness (QED) is 0.409. The summed E-state index contributed by atoms with van der Waals surface area (Å²) in [5.74, 6) is -0.596. The van der Waals surface area contributed by atoms with Crippen molar-refractivity contribution in [3.05, 3.63) is 42.9 Å². The number of nitrogens with zero attached hydrogens (tertiary/aromatic N) is 5. The number of ketones is 1. The van der Waals surface area contributed by atoms with E-state index in [0.29, 0.717) is 13.0 Å². The van der Waals surface area contributed by atoms with Crippen LogP contribution >= 0.6 is 0 Å². The van der Waals surface area contributed by atoms with Gasteiger partial charge in [-0.2, -0.15) is 18.3 Å². The molecule has 3 aromatic heterocycles. The fraction of sp³-hybridized carbons (Fsp3) is 0.364. The van der Waals surface area contributed by atoms with Crippen LogP contribution in [0.4, 0.5) is 17.6 Å². The van der Waals surface area contributed by atoms with Crippen LogP contribution in [0.15, 0.2) is 31.4 Å². The molecule has 0 aliphatic carbocycles. The van der Waals surface area contributed by atoms with Crippen molar-refractivity contribution in [2.24, 2.45) is 5.92 Å². The Morgan fingerprint density at radius 3 is 2.79 bits per heavy atom. The number of alkyl halides is 3. The van der Waals surface area contributed by atoms with Crippen LogP contribution in [0.5, 0.6) is 0 Å². The van der Waals surface area contributed by atoms with Gasteiger partial charge in [0.15, 0.2) is 5.78 Å². The Labute approximate surface area is 191 Å². The second-order valence-corrected chi connectivity index (χ2v) is 7.88. The molecule has 8 nitrogen and oxygen atoms in total. The van der Waals surface area contributed by atoms with Crippen molar-refractivity contribution in [2.75, 3.05) is 13.2 Å². The SMILES string of the molecule is C=Cc1ncc(-c2nn(CC(F)(F)F)c3cc(C(=O)CC4COCCC4O)ncc23)n1/C=C/F. The highest BCUT2D eigenvalue weighted by molar-refractivity contribution is 6.00. The third-order valence-electron chi connectivity index (χ3n) is 5.59. The second kappa shape index (κ2) is 9.47. The Hall–Kier alpha value is -3.38. The maximum Gasteiger partial charge on any atom is 0.408 e. The number of imidazole rings is 1. The van der Waals surface area contributed by atoms with E-state index < -0.39 is 30.5 Å². The molecular formula is C22H21F4N5O3. The van der Waals surface area contributed by atoms with Gasteiger partial charge in [-0.05, 0) is 18.6 Å². The molecule has 0 amide bonds. The van der Waals surface area contributed by atoms with Crippen LogP contribution in [0, 0.1) is 5.92 Å². The minimum absolute atomic E-state index is 0.0308. The van der Waals surface area contributed by atoms with Crippen LogP contribution in [0.3, 0.4) is 0 Å². The van der Waals surface area contributed by atoms with Crippen LogP contribution in [0.1, 0.15) is 29.2 Å². The minimum atomic E-state index is -4.58. The molecule has 4 rings (SSSR count). The first-order valence-electron chi connectivity index (χ1n) is 10.4. The molecule has 3 aromatic rings. The van der Waals surface area contributed by atoms with E-state index in [-0.39, 0.29) is 53.2 Å². The number of rotatable bonds is 7. The molecule has 0 aromatic carbocycles. The van der Waals surface area contributed by atoms with Gasteiger partial charge in [-0.3, -0.25) is 19.0 Å². The lowest BCUT2D eigenvalue weighted by Gasteiger charge is -2.26. The standard InChI is InChI=1S/C22H21F4N5O3/c1-2-20-28-10-17(30(20)5-4-23)21-14-9-27-15(8-16(14)31(29-21)12-22(24,25)26)19(33)7-13-11-34-6-3-18(13)32/h2,4-5,8-10,13,18,32H,1,3,6-7,11-12H2/b5-4+. The zero-order valence-electron chi connectivity index (χ0n) is 17.9. The third kappa shape index (κ3) is 4.77. The van der Waals surface area contributed by atoms with Crippen molar-refractivity contribution < 1.29 is 32.2 Å². The highest BCUT2D eigenvalue weighted by Crippen LogP contribution is 2.31. The molecule has 0 bridgehead atoms. The van der Waals surface area contributed by atoms with Crippen molar-refractivity contribution in [1.29, 1.82) is 0 Å². The average molecular weight is 479 g/mol. The smallest absolute Gasteiger partial charge is 0.393 e. The number of fused-ring (bicyclic) bond motifs is 1. The first kappa shape index (κ1) is 23.8. The summed E-state index contributed by atoms with van der Waals surface area (Å²) in [6.45, 7) is 2.80. The van der Waals surface area contributed by atoms with Crippen LogP contribution in [0.25, 0.3) is 34.6 Å². The Morgan fingerprint density at radius 2 is 2.12 bits per heavy atom. The first-order chi connectivity index (χ1) is 16.2. The van der Waals surface area contributed by atoms with Crippen LogP contribution < -0.4 is 0 Å². The lowest BCUT2D eigenvalue weighted by molar-refractivity contribution is -0.141. The fourth-order valence-electron chi connectivity index (χ4n) is 3.94. The monoisotopic (exact) mass is 479 g/mol. The second-order valence-electron chi connectivity index (χ2n) is 7.88. The predicted molar refractivity (Wildman–Crippen MR) is 115 cm³/mol. The molecule has 2 unspecified atom stereocenters. The summed E-state index contributed by atoms with van der Waals surface area (Å²) in [5, 5.41) is 14.4. The number of aromatic nitrogens is 5. The van der Waals surface area contributed by atoms with Gasteiger partial charge in [-0.15, -0.1) is 0 Å². The van der Waals surface area contributed by atoms with Gasteiger partial charge in [0.05, 0.1) is 30.1 Å².